The van der Waals surface area contributed by atoms with E-state index in [4.69, 9.17) is 0 Å². The van der Waals surface area contributed by atoms with Crippen molar-refractivity contribution in [3.05, 3.63) is 41.6 Å². The van der Waals surface area contributed by atoms with Crippen LogP contribution in [0.1, 0.15) is 50.0 Å². The van der Waals surface area contributed by atoms with Crippen LogP contribution >= 0.6 is 0 Å². The Kier molecular flexibility index (Phi) is 7.22. The fraction of sp³-hybridized carbons (Fsp3) is 0.577. The summed E-state index contributed by atoms with van der Waals surface area (Å²) in [5, 5.41) is 0.884. The zero-order valence-corrected chi connectivity index (χ0v) is 21.9. The van der Waals surface area contributed by atoms with Crippen LogP contribution in [0.3, 0.4) is 0 Å². The Morgan fingerprint density at radius 1 is 1.03 bits per heavy atom. The number of carbonyl (C=O) groups excluding carboxylic acids is 1. The van der Waals surface area contributed by atoms with E-state index in [-0.39, 0.29) is 5.91 Å². The Morgan fingerprint density at radius 2 is 1.74 bits per heavy atom. The van der Waals surface area contributed by atoms with E-state index in [1.54, 1.807) is 12.3 Å². The lowest BCUT2D eigenvalue weighted by Crippen LogP contribution is -2.50. The van der Waals surface area contributed by atoms with Gasteiger partial charge in [0.15, 0.2) is 0 Å². The molecule has 4 rings (SSSR count). The summed E-state index contributed by atoms with van der Waals surface area (Å²) in [6.07, 6.45) is 6.06. The van der Waals surface area contributed by atoms with Gasteiger partial charge in [0.2, 0.25) is 10.0 Å². The molecule has 7 nitrogen and oxygen atoms in total. The summed E-state index contributed by atoms with van der Waals surface area (Å²) in [7, 11) is -3.51. The highest BCUT2D eigenvalue weighted by molar-refractivity contribution is 7.89. The van der Waals surface area contributed by atoms with E-state index in [0.29, 0.717) is 36.1 Å². The Morgan fingerprint density at radius 3 is 2.29 bits per heavy atom. The van der Waals surface area contributed by atoms with Crippen LogP contribution in [0.25, 0.3) is 16.5 Å². The third-order valence-electron chi connectivity index (χ3n) is 6.97. The van der Waals surface area contributed by atoms with Crippen LogP contribution in [-0.4, -0.2) is 91.1 Å². The molecule has 1 saturated heterocycles. The van der Waals surface area contributed by atoms with Crippen molar-refractivity contribution in [2.75, 3.05) is 52.1 Å². The van der Waals surface area contributed by atoms with Crippen LogP contribution in [0.15, 0.2) is 30.5 Å². The van der Waals surface area contributed by atoms with Gasteiger partial charge in [-0.1, -0.05) is 26.0 Å². The lowest BCUT2D eigenvalue weighted by Gasteiger charge is -2.37. The minimum absolute atomic E-state index is 0.0330. The van der Waals surface area contributed by atoms with Crippen LogP contribution < -0.4 is 0 Å². The Balaban J connectivity index is 1.64. The summed E-state index contributed by atoms with van der Waals surface area (Å²) < 4.78 is 26.6. The molecule has 1 amide bonds. The predicted molar refractivity (Wildman–Crippen MR) is 139 cm³/mol. The molecule has 8 heteroatoms. The first kappa shape index (κ1) is 24.9. The molecular weight excluding hydrogens is 448 g/mol. The number of piperazine rings is 1. The maximum absolute atomic E-state index is 13.2. The van der Waals surface area contributed by atoms with Crippen molar-refractivity contribution in [2.24, 2.45) is 5.92 Å². The summed E-state index contributed by atoms with van der Waals surface area (Å²) in [5.74, 6) is 0.584. The number of carbonyl (C=O) groups is 1. The van der Waals surface area contributed by atoms with Crippen LogP contribution in [0.5, 0.6) is 0 Å². The molecule has 0 N–H and O–H groups in total. The van der Waals surface area contributed by atoms with E-state index in [9.17, 15) is 13.2 Å². The van der Waals surface area contributed by atoms with Gasteiger partial charge in [-0.15, -0.1) is 0 Å². The first-order valence-electron chi connectivity index (χ1n) is 12.4. The molecule has 0 aliphatic carbocycles. The lowest BCUT2D eigenvalue weighted by atomic mass is 9.97. The highest BCUT2D eigenvalue weighted by atomic mass is 32.2. The van der Waals surface area contributed by atoms with Gasteiger partial charge in [-0.2, -0.15) is 0 Å². The summed E-state index contributed by atoms with van der Waals surface area (Å²) in [6, 6.07) is 6.00. The van der Waals surface area contributed by atoms with Crippen LogP contribution in [0, 0.1) is 5.92 Å². The number of amides is 1. The first-order valence-corrected chi connectivity index (χ1v) is 14.2. The largest absolute Gasteiger partial charge is 0.336 e. The van der Waals surface area contributed by atoms with Gasteiger partial charge in [-0.25, -0.2) is 12.4 Å². The maximum Gasteiger partial charge on any atom is 0.254 e. The topological polar surface area (TPSA) is 65.9 Å². The van der Waals surface area contributed by atoms with E-state index in [1.165, 1.54) is 15.8 Å². The molecule has 186 valence electrons. The Labute approximate surface area is 204 Å². The second kappa shape index (κ2) is 9.84. The molecule has 2 aliphatic rings. The van der Waals surface area contributed by atoms with E-state index >= 15 is 0 Å². The molecule has 0 bridgehead atoms. The summed E-state index contributed by atoms with van der Waals surface area (Å²) >= 11 is 0. The average molecular weight is 487 g/mol. The minimum Gasteiger partial charge on any atom is -0.336 e. The molecule has 1 aromatic carbocycles. The average Bonchev–Trinajstić information content (AvgIpc) is 3.18. The van der Waals surface area contributed by atoms with Crippen LogP contribution in [-0.2, 0) is 10.0 Å². The van der Waals surface area contributed by atoms with Crippen molar-refractivity contribution < 1.29 is 13.2 Å². The molecule has 1 fully saturated rings. The van der Waals surface area contributed by atoms with Gasteiger partial charge in [0, 0.05) is 74.6 Å². The molecule has 0 atom stereocenters. The third-order valence-corrected chi connectivity index (χ3v) is 7.99. The number of hydrogen-bond donors (Lipinski definition) is 0. The van der Waals surface area contributed by atoms with Crippen LogP contribution in [0.4, 0.5) is 0 Å². The molecule has 0 radical (unpaired) electrons. The number of fused-ring (bicyclic) bond motifs is 1. The fourth-order valence-electron chi connectivity index (χ4n) is 5.12. The fourth-order valence-corrected chi connectivity index (χ4v) is 5.93. The number of aromatic nitrogens is 1. The Bertz CT molecular complexity index is 1190. The van der Waals surface area contributed by atoms with E-state index < -0.39 is 10.0 Å². The van der Waals surface area contributed by atoms with Gasteiger partial charge in [0.05, 0.1) is 11.8 Å². The van der Waals surface area contributed by atoms with Gasteiger partial charge in [0.25, 0.3) is 5.91 Å². The molecule has 1 aromatic heterocycles. The van der Waals surface area contributed by atoms with Crippen molar-refractivity contribution >= 4 is 32.4 Å². The molecule has 0 spiro atoms. The smallest absolute Gasteiger partial charge is 0.254 e. The predicted octanol–water partition coefficient (Wildman–Crippen LogP) is 3.36. The monoisotopic (exact) mass is 486 g/mol. The van der Waals surface area contributed by atoms with Crippen molar-refractivity contribution in [2.45, 2.75) is 40.2 Å². The quantitative estimate of drug-likeness (QED) is 0.627. The van der Waals surface area contributed by atoms with Crippen molar-refractivity contribution in [3.8, 4) is 0 Å². The highest BCUT2D eigenvalue weighted by Gasteiger charge is 2.25. The number of benzene rings is 1. The van der Waals surface area contributed by atoms with Gasteiger partial charge >= 0.3 is 0 Å². The van der Waals surface area contributed by atoms with Crippen molar-refractivity contribution in [1.29, 1.82) is 0 Å². The molecule has 34 heavy (non-hydrogen) atoms. The number of hydrogen-bond acceptors (Lipinski definition) is 5. The second-order valence-corrected chi connectivity index (χ2v) is 12.2. The normalized spacial score (nSPS) is 18.8. The zero-order chi connectivity index (χ0) is 24.6. The van der Waals surface area contributed by atoms with Crippen molar-refractivity contribution in [1.82, 2.24) is 18.7 Å². The summed E-state index contributed by atoms with van der Waals surface area (Å²) in [5.41, 5.74) is 3.25. The van der Waals surface area contributed by atoms with Crippen LogP contribution in [0.2, 0.25) is 0 Å². The van der Waals surface area contributed by atoms with Gasteiger partial charge in [0.1, 0.15) is 0 Å². The first-order chi connectivity index (χ1) is 16.0. The molecular formula is C26H38N4O3S. The molecule has 2 aliphatic heterocycles. The molecule has 3 heterocycles. The summed E-state index contributed by atoms with van der Waals surface area (Å²) in [4.78, 5) is 19.9. The van der Waals surface area contributed by atoms with E-state index in [2.05, 4.69) is 43.6 Å². The molecule has 0 unspecified atom stereocenters. The van der Waals surface area contributed by atoms with Gasteiger partial charge in [-0.05, 0) is 43.9 Å². The van der Waals surface area contributed by atoms with Gasteiger partial charge < -0.3 is 4.90 Å². The zero-order valence-electron chi connectivity index (χ0n) is 21.1. The SMILES string of the molecule is CC(C)CN1CC=C(c2cn(S(C)(=O)=O)c3cc(C(=O)N4CCN(C(C)C)CC4)ccc23)CC1. The maximum atomic E-state index is 13.2. The Hall–Kier alpha value is -2.16. The summed E-state index contributed by atoms with van der Waals surface area (Å²) in [6.45, 7) is 14.8. The molecule has 0 saturated carbocycles. The number of rotatable bonds is 6. The third kappa shape index (κ3) is 5.24. The van der Waals surface area contributed by atoms with Crippen molar-refractivity contribution in [3.63, 3.8) is 0 Å². The van der Waals surface area contributed by atoms with Gasteiger partial charge in [-0.3, -0.25) is 14.6 Å². The second-order valence-electron chi connectivity index (χ2n) is 10.4. The number of nitrogens with zero attached hydrogens (tertiary/aromatic N) is 4. The van der Waals surface area contributed by atoms with E-state index in [0.717, 1.165) is 50.1 Å². The van der Waals surface area contributed by atoms with E-state index in [1.807, 2.05) is 17.0 Å². The molecule has 2 aromatic rings. The highest BCUT2D eigenvalue weighted by Crippen LogP contribution is 2.33. The minimum atomic E-state index is -3.51. The standard InChI is InChI=1S/C26H38N4O3S/c1-19(2)17-27-10-8-21(9-11-27)24-18-30(34(5,32)33)25-16-22(6-7-23(24)25)26(31)29-14-12-28(13-15-29)20(3)4/h6-8,16,18-20H,9-15,17H2,1-5H3. The lowest BCUT2D eigenvalue weighted by molar-refractivity contribution is 0.0595.